The van der Waals surface area contributed by atoms with E-state index in [2.05, 4.69) is 5.32 Å². The van der Waals surface area contributed by atoms with Crippen LogP contribution in [0.3, 0.4) is 0 Å². The van der Waals surface area contributed by atoms with Gasteiger partial charge in [0.15, 0.2) is 0 Å². The van der Waals surface area contributed by atoms with Gasteiger partial charge in [-0.2, -0.15) is 0 Å². The maximum Gasteiger partial charge on any atom is 0.318 e. The smallest absolute Gasteiger partial charge is 0.318 e. The molecular weight excluding hydrogens is 178 g/mol. The van der Waals surface area contributed by atoms with Crippen LogP contribution in [0.4, 0.5) is 0 Å². The number of rotatable bonds is 2. The Balaban J connectivity index is 2.34. The van der Waals surface area contributed by atoms with Gasteiger partial charge in [0.25, 0.3) is 0 Å². The SMILES string of the molecule is COC(=O)C1(c2ccccc2)CNC1. The summed E-state index contributed by atoms with van der Waals surface area (Å²) in [7, 11) is 1.44. The Morgan fingerprint density at radius 1 is 1.36 bits per heavy atom. The fourth-order valence-electron chi connectivity index (χ4n) is 1.79. The minimum Gasteiger partial charge on any atom is -0.468 e. The van der Waals surface area contributed by atoms with Gasteiger partial charge in [0.05, 0.1) is 7.11 Å². The molecule has 1 heterocycles. The molecule has 0 bridgehead atoms. The van der Waals surface area contributed by atoms with E-state index in [1.54, 1.807) is 0 Å². The van der Waals surface area contributed by atoms with Crippen LogP contribution in [0.1, 0.15) is 5.56 Å². The first-order valence-corrected chi connectivity index (χ1v) is 4.64. The summed E-state index contributed by atoms with van der Waals surface area (Å²) in [5.41, 5.74) is 0.585. The van der Waals surface area contributed by atoms with Crippen LogP contribution in [0, 0.1) is 0 Å². The molecule has 74 valence electrons. The van der Waals surface area contributed by atoms with Gasteiger partial charge in [-0.05, 0) is 5.56 Å². The maximum atomic E-state index is 11.7. The van der Waals surface area contributed by atoms with Crippen molar-refractivity contribution in [3.63, 3.8) is 0 Å². The molecule has 14 heavy (non-hydrogen) atoms. The molecule has 0 aliphatic carbocycles. The van der Waals surface area contributed by atoms with E-state index in [-0.39, 0.29) is 5.97 Å². The van der Waals surface area contributed by atoms with E-state index in [0.717, 1.165) is 5.56 Å². The van der Waals surface area contributed by atoms with Gasteiger partial charge in [-0.25, -0.2) is 0 Å². The van der Waals surface area contributed by atoms with Gasteiger partial charge in [0.2, 0.25) is 0 Å². The molecule has 0 radical (unpaired) electrons. The first kappa shape index (κ1) is 9.21. The van der Waals surface area contributed by atoms with E-state index in [0.29, 0.717) is 13.1 Å². The van der Waals surface area contributed by atoms with Crippen LogP contribution in [0.5, 0.6) is 0 Å². The van der Waals surface area contributed by atoms with Crippen LogP contribution in [0.15, 0.2) is 30.3 Å². The van der Waals surface area contributed by atoms with Crippen molar-refractivity contribution in [2.45, 2.75) is 5.41 Å². The fourth-order valence-corrected chi connectivity index (χ4v) is 1.79. The Labute approximate surface area is 83.1 Å². The van der Waals surface area contributed by atoms with E-state index in [4.69, 9.17) is 4.74 Å². The molecule has 0 unspecified atom stereocenters. The van der Waals surface area contributed by atoms with Gasteiger partial charge >= 0.3 is 5.97 Å². The molecule has 1 N–H and O–H groups in total. The number of hydrogen-bond acceptors (Lipinski definition) is 3. The molecule has 1 aliphatic rings. The molecule has 0 amide bonds. The number of benzene rings is 1. The number of carbonyl (C=O) groups is 1. The topological polar surface area (TPSA) is 38.3 Å². The molecule has 2 rings (SSSR count). The third-order valence-corrected chi connectivity index (χ3v) is 2.76. The second-order valence-corrected chi connectivity index (χ2v) is 3.54. The Kier molecular flexibility index (Phi) is 2.25. The van der Waals surface area contributed by atoms with E-state index in [1.165, 1.54) is 7.11 Å². The van der Waals surface area contributed by atoms with Crippen LogP contribution in [0.2, 0.25) is 0 Å². The number of hydrogen-bond donors (Lipinski definition) is 1. The third-order valence-electron chi connectivity index (χ3n) is 2.76. The Morgan fingerprint density at radius 3 is 2.43 bits per heavy atom. The predicted molar refractivity (Wildman–Crippen MR) is 53.0 cm³/mol. The highest BCUT2D eigenvalue weighted by Crippen LogP contribution is 2.29. The Bertz CT molecular complexity index is 330. The summed E-state index contributed by atoms with van der Waals surface area (Å²) in [6.07, 6.45) is 0. The molecule has 3 nitrogen and oxygen atoms in total. The zero-order chi connectivity index (χ0) is 10.0. The summed E-state index contributed by atoms with van der Waals surface area (Å²) in [6.45, 7) is 1.34. The molecule has 0 saturated carbocycles. The van der Waals surface area contributed by atoms with Crippen molar-refractivity contribution in [1.29, 1.82) is 0 Å². The highest BCUT2D eigenvalue weighted by atomic mass is 16.5. The lowest BCUT2D eigenvalue weighted by Crippen LogP contribution is -2.61. The van der Waals surface area contributed by atoms with Gasteiger partial charge in [-0.15, -0.1) is 0 Å². The van der Waals surface area contributed by atoms with Gasteiger partial charge in [0.1, 0.15) is 5.41 Å². The van der Waals surface area contributed by atoms with E-state index in [9.17, 15) is 4.79 Å². The maximum absolute atomic E-state index is 11.7. The largest absolute Gasteiger partial charge is 0.468 e. The summed E-state index contributed by atoms with van der Waals surface area (Å²) < 4.78 is 4.83. The number of esters is 1. The minimum absolute atomic E-state index is 0.151. The summed E-state index contributed by atoms with van der Waals surface area (Å²) in [5.74, 6) is -0.151. The lowest BCUT2D eigenvalue weighted by atomic mass is 9.75. The average molecular weight is 191 g/mol. The minimum atomic E-state index is -0.448. The van der Waals surface area contributed by atoms with Crippen LogP contribution in [0.25, 0.3) is 0 Å². The van der Waals surface area contributed by atoms with Gasteiger partial charge in [0, 0.05) is 13.1 Å². The van der Waals surface area contributed by atoms with Crippen molar-refractivity contribution in [3.05, 3.63) is 35.9 Å². The first-order valence-electron chi connectivity index (χ1n) is 4.64. The summed E-state index contributed by atoms with van der Waals surface area (Å²) in [6, 6.07) is 9.77. The number of carbonyl (C=O) groups excluding carboxylic acids is 1. The molecule has 1 aliphatic heterocycles. The lowest BCUT2D eigenvalue weighted by Gasteiger charge is -2.40. The zero-order valence-electron chi connectivity index (χ0n) is 8.12. The van der Waals surface area contributed by atoms with Crippen LogP contribution in [-0.2, 0) is 14.9 Å². The zero-order valence-corrected chi connectivity index (χ0v) is 8.12. The Morgan fingerprint density at radius 2 is 2.00 bits per heavy atom. The second-order valence-electron chi connectivity index (χ2n) is 3.54. The fraction of sp³-hybridized carbons (Fsp3) is 0.364. The van der Waals surface area contributed by atoms with Crippen LogP contribution in [-0.4, -0.2) is 26.2 Å². The van der Waals surface area contributed by atoms with Gasteiger partial charge < -0.3 is 10.1 Å². The summed E-state index contributed by atoms with van der Waals surface area (Å²) in [5, 5.41) is 3.11. The van der Waals surface area contributed by atoms with E-state index in [1.807, 2.05) is 30.3 Å². The molecule has 1 aromatic carbocycles. The number of ether oxygens (including phenoxy) is 1. The van der Waals surface area contributed by atoms with E-state index < -0.39 is 5.41 Å². The molecule has 0 spiro atoms. The van der Waals surface area contributed by atoms with Crippen molar-refractivity contribution in [2.75, 3.05) is 20.2 Å². The molecule has 1 aromatic rings. The molecular formula is C11H13NO2. The molecule has 1 saturated heterocycles. The number of nitrogens with one attached hydrogen (secondary N) is 1. The standard InChI is InChI=1S/C11H13NO2/c1-14-10(13)11(7-12-8-11)9-5-3-2-4-6-9/h2-6,12H,7-8H2,1H3. The van der Waals surface area contributed by atoms with Crippen molar-refractivity contribution in [2.24, 2.45) is 0 Å². The van der Waals surface area contributed by atoms with Crippen molar-refractivity contribution >= 4 is 5.97 Å². The van der Waals surface area contributed by atoms with Crippen molar-refractivity contribution in [1.82, 2.24) is 5.32 Å². The highest BCUT2D eigenvalue weighted by molar-refractivity contribution is 5.85. The van der Waals surface area contributed by atoms with Crippen molar-refractivity contribution in [3.8, 4) is 0 Å². The Hall–Kier alpha value is -1.35. The number of methoxy groups -OCH3 is 1. The predicted octanol–water partition coefficient (Wildman–Crippen LogP) is 0.701. The normalized spacial score (nSPS) is 18.4. The second kappa shape index (κ2) is 3.42. The van der Waals surface area contributed by atoms with Crippen molar-refractivity contribution < 1.29 is 9.53 Å². The molecule has 0 aromatic heterocycles. The van der Waals surface area contributed by atoms with Gasteiger partial charge in [-0.3, -0.25) is 4.79 Å². The summed E-state index contributed by atoms with van der Waals surface area (Å²) >= 11 is 0. The first-order chi connectivity index (χ1) is 6.79. The van der Waals surface area contributed by atoms with Crippen LogP contribution >= 0.6 is 0 Å². The highest BCUT2D eigenvalue weighted by Gasteiger charge is 2.46. The quantitative estimate of drug-likeness (QED) is 0.699. The monoisotopic (exact) mass is 191 g/mol. The average Bonchev–Trinajstić information content (AvgIpc) is 2.17. The molecule has 3 heteroatoms. The third kappa shape index (κ3) is 1.21. The molecule has 1 fully saturated rings. The molecule has 0 atom stereocenters. The summed E-state index contributed by atoms with van der Waals surface area (Å²) in [4.78, 5) is 11.7. The van der Waals surface area contributed by atoms with Crippen LogP contribution < -0.4 is 5.32 Å². The van der Waals surface area contributed by atoms with E-state index >= 15 is 0 Å². The van der Waals surface area contributed by atoms with Gasteiger partial charge in [-0.1, -0.05) is 30.3 Å². The lowest BCUT2D eigenvalue weighted by molar-refractivity contribution is -0.149.